The summed E-state index contributed by atoms with van der Waals surface area (Å²) < 4.78 is 32.9. The fourth-order valence-corrected chi connectivity index (χ4v) is 5.01. The Hall–Kier alpha value is -3.53. The maximum absolute atomic E-state index is 14.1. The van der Waals surface area contributed by atoms with Crippen molar-refractivity contribution in [1.82, 2.24) is 14.8 Å². The van der Waals surface area contributed by atoms with Crippen LogP contribution in [-0.4, -0.2) is 39.7 Å². The third kappa shape index (κ3) is 6.12. The molecule has 0 saturated heterocycles. The molecule has 1 aliphatic rings. The van der Waals surface area contributed by atoms with Crippen molar-refractivity contribution >= 4 is 23.7 Å². The Morgan fingerprint density at radius 3 is 2.71 bits per heavy atom. The molecule has 0 radical (unpaired) electrons. The van der Waals surface area contributed by atoms with Crippen LogP contribution in [-0.2, 0) is 16.1 Å². The monoisotopic (exact) mass is 540 g/mol. The van der Waals surface area contributed by atoms with Crippen molar-refractivity contribution in [3.63, 3.8) is 0 Å². The van der Waals surface area contributed by atoms with Crippen LogP contribution in [0.5, 0.6) is 11.5 Å². The Morgan fingerprint density at radius 2 is 2.00 bits per heavy atom. The summed E-state index contributed by atoms with van der Waals surface area (Å²) in [4.78, 5) is 17.9. The number of methoxy groups -OCH3 is 1. The van der Waals surface area contributed by atoms with Gasteiger partial charge in [-0.25, -0.2) is 13.9 Å². The number of hydrogen-bond acceptors (Lipinski definition) is 8. The molecule has 38 heavy (non-hydrogen) atoms. The van der Waals surface area contributed by atoms with Gasteiger partial charge in [0.25, 0.3) is 0 Å². The van der Waals surface area contributed by atoms with Gasteiger partial charge in [-0.05, 0) is 51.0 Å². The zero-order valence-electron chi connectivity index (χ0n) is 22.3. The number of anilines is 1. The summed E-state index contributed by atoms with van der Waals surface area (Å²) in [5, 5.41) is 8.60. The highest BCUT2D eigenvalue weighted by Gasteiger charge is 2.36. The van der Waals surface area contributed by atoms with Gasteiger partial charge < -0.3 is 19.5 Å². The number of carbonyl (C=O) groups is 1. The number of thioether (sulfide) groups is 1. The van der Waals surface area contributed by atoms with Gasteiger partial charge in [-0.15, -0.1) is 5.10 Å². The highest BCUT2D eigenvalue weighted by Crippen LogP contribution is 2.40. The number of allylic oxidation sites excluding steroid dienone is 1. The van der Waals surface area contributed by atoms with Crippen LogP contribution in [0.1, 0.15) is 57.7 Å². The second-order valence-corrected chi connectivity index (χ2v) is 10.2. The van der Waals surface area contributed by atoms with E-state index in [4.69, 9.17) is 19.3 Å². The first-order valence-electron chi connectivity index (χ1n) is 12.6. The van der Waals surface area contributed by atoms with Crippen LogP contribution in [0.3, 0.4) is 0 Å². The predicted molar refractivity (Wildman–Crippen MR) is 145 cm³/mol. The summed E-state index contributed by atoms with van der Waals surface area (Å²) in [6.07, 6.45) is 1.85. The molecule has 1 N–H and O–H groups in total. The lowest BCUT2D eigenvalue weighted by atomic mass is 9.95. The lowest BCUT2D eigenvalue weighted by molar-refractivity contribution is -0.143. The van der Waals surface area contributed by atoms with Gasteiger partial charge in [0.1, 0.15) is 18.5 Å². The summed E-state index contributed by atoms with van der Waals surface area (Å²) in [7, 11) is 1.54. The lowest BCUT2D eigenvalue weighted by Gasteiger charge is -2.29. The van der Waals surface area contributed by atoms with Crippen LogP contribution in [0.2, 0.25) is 0 Å². The molecule has 10 heteroatoms. The van der Waals surface area contributed by atoms with Crippen molar-refractivity contribution < 1.29 is 23.4 Å². The average Bonchev–Trinajstić information content (AvgIpc) is 3.29. The third-order valence-electron chi connectivity index (χ3n) is 5.97. The molecular formula is C28H33FN4O4S. The largest absolute Gasteiger partial charge is 0.493 e. The van der Waals surface area contributed by atoms with Crippen LogP contribution < -0.4 is 14.8 Å². The van der Waals surface area contributed by atoms with Gasteiger partial charge in [0, 0.05) is 17.0 Å². The van der Waals surface area contributed by atoms with Gasteiger partial charge >= 0.3 is 5.97 Å². The van der Waals surface area contributed by atoms with E-state index in [0.717, 1.165) is 24.2 Å². The first kappa shape index (κ1) is 27.5. The van der Waals surface area contributed by atoms with Gasteiger partial charge in [-0.3, -0.25) is 0 Å². The molecule has 2 aromatic carbocycles. The molecule has 1 aliphatic heterocycles. The molecule has 2 heterocycles. The number of rotatable bonds is 11. The highest BCUT2D eigenvalue weighted by molar-refractivity contribution is 7.99. The van der Waals surface area contributed by atoms with Gasteiger partial charge in [-0.2, -0.15) is 4.98 Å². The molecule has 1 aromatic heterocycles. The number of halogens is 1. The molecule has 0 saturated carbocycles. The maximum Gasteiger partial charge on any atom is 0.338 e. The van der Waals surface area contributed by atoms with Crippen LogP contribution in [0, 0.1) is 5.82 Å². The average molecular weight is 541 g/mol. The number of carbonyl (C=O) groups excluding carboxylic acids is 1. The van der Waals surface area contributed by atoms with E-state index in [-0.39, 0.29) is 18.5 Å². The fourth-order valence-electron chi connectivity index (χ4n) is 4.09. The van der Waals surface area contributed by atoms with Crippen LogP contribution >= 0.6 is 11.8 Å². The number of fused-ring (bicyclic) bond motifs is 1. The molecule has 1 unspecified atom stereocenters. The van der Waals surface area contributed by atoms with E-state index in [1.807, 2.05) is 26.8 Å². The zero-order chi connectivity index (χ0) is 27.2. The van der Waals surface area contributed by atoms with Crippen molar-refractivity contribution in [3.8, 4) is 11.5 Å². The number of hydrogen-bond donors (Lipinski definition) is 1. The fraction of sp³-hybridized carbons (Fsp3) is 0.393. The summed E-state index contributed by atoms with van der Waals surface area (Å²) in [6, 6.07) is 11.3. The summed E-state index contributed by atoms with van der Waals surface area (Å²) in [6.45, 7) is 7.64. The van der Waals surface area contributed by atoms with Crippen molar-refractivity contribution in [1.29, 1.82) is 0 Å². The van der Waals surface area contributed by atoms with E-state index in [1.54, 1.807) is 46.8 Å². The maximum atomic E-state index is 14.1. The Bertz CT molecular complexity index is 1320. The van der Waals surface area contributed by atoms with E-state index in [9.17, 15) is 9.18 Å². The summed E-state index contributed by atoms with van der Waals surface area (Å²) in [5.41, 5.74) is 2.26. The second kappa shape index (κ2) is 12.3. The van der Waals surface area contributed by atoms with Crippen molar-refractivity contribution in [3.05, 3.63) is 70.7 Å². The standard InChI is InChI=1S/C28H33FN4O4S/c1-6-7-14-38-28-31-27-30-18(4)24(26(34)37-17(2)3)25(33(27)32-28)19-12-13-22(23(15-19)35-5)36-16-20-10-8-9-11-21(20)29/h8-13,15,17,25H,6-7,14,16H2,1-5H3,(H,30,31,32). The Balaban J connectivity index is 1.70. The normalized spacial score (nSPS) is 14.8. The number of benzene rings is 2. The molecule has 0 fully saturated rings. The van der Waals surface area contributed by atoms with Gasteiger partial charge in [0.2, 0.25) is 11.1 Å². The third-order valence-corrected chi connectivity index (χ3v) is 6.89. The van der Waals surface area contributed by atoms with Gasteiger partial charge in [0.05, 0.1) is 18.8 Å². The molecule has 202 valence electrons. The summed E-state index contributed by atoms with van der Waals surface area (Å²) in [5.74, 6) is 1.58. The number of ether oxygens (including phenoxy) is 3. The minimum Gasteiger partial charge on any atom is -0.493 e. The quantitative estimate of drug-likeness (QED) is 0.176. The zero-order valence-corrected chi connectivity index (χ0v) is 23.1. The molecule has 0 aliphatic carbocycles. The van der Waals surface area contributed by atoms with E-state index in [0.29, 0.717) is 39.4 Å². The minimum atomic E-state index is -0.597. The van der Waals surface area contributed by atoms with Gasteiger partial charge in [-0.1, -0.05) is 49.4 Å². The molecule has 0 spiro atoms. The van der Waals surface area contributed by atoms with E-state index in [1.165, 1.54) is 13.2 Å². The molecule has 3 aromatic rings. The predicted octanol–water partition coefficient (Wildman–Crippen LogP) is 6.14. The summed E-state index contributed by atoms with van der Waals surface area (Å²) >= 11 is 1.58. The molecule has 1 atom stereocenters. The van der Waals surface area contributed by atoms with Crippen LogP contribution in [0.25, 0.3) is 0 Å². The molecule has 0 amide bonds. The first-order valence-corrected chi connectivity index (χ1v) is 13.6. The molecular weight excluding hydrogens is 507 g/mol. The van der Waals surface area contributed by atoms with Crippen LogP contribution in [0.15, 0.2) is 58.9 Å². The van der Waals surface area contributed by atoms with Crippen molar-refractivity contribution in [2.24, 2.45) is 0 Å². The number of nitrogens with zero attached hydrogens (tertiary/aromatic N) is 3. The number of unbranched alkanes of at least 4 members (excludes halogenated alkanes) is 1. The van der Waals surface area contributed by atoms with Gasteiger partial charge in [0.15, 0.2) is 11.5 Å². The smallest absolute Gasteiger partial charge is 0.338 e. The Labute approximate surface area is 226 Å². The van der Waals surface area contributed by atoms with E-state index >= 15 is 0 Å². The van der Waals surface area contributed by atoms with Crippen molar-refractivity contribution in [2.45, 2.75) is 64.4 Å². The van der Waals surface area contributed by atoms with Crippen molar-refractivity contribution in [2.75, 3.05) is 18.2 Å². The minimum absolute atomic E-state index is 0.0479. The number of esters is 1. The molecule has 4 rings (SSSR count). The SMILES string of the molecule is CCCCSc1nc2n(n1)C(c1ccc(OCc3ccccc3F)c(OC)c1)C(C(=O)OC(C)C)=C(C)N2. The number of nitrogens with one attached hydrogen (secondary N) is 1. The van der Waals surface area contributed by atoms with E-state index in [2.05, 4.69) is 17.2 Å². The lowest BCUT2D eigenvalue weighted by Crippen LogP contribution is -2.30. The second-order valence-electron chi connectivity index (χ2n) is 9.18. The van der Waals surface area contributed by atoms with Crippen LogP contribution in [0.4, 0.5) is 10.3 Å². The van der Waals surface area contributed by atoms with E-state index < -0.39 is 12.0 Å². The Morgan fingerprint density at radius 1 is 1.21 bits per heavy atom. The first-order chi connectivity index (χ1) is 18.3. The Kier molecular flexibility index (Phi) is 8.93. The topological polar surface area (TPSA) is 87.5 Å². The molecule has 0 bridgehead atoms. The molecule has 8 nitrogen and oxygen atoms in total. The number of aromatic nitrogens is 3. The highest BCUT2D eigenvalue weighted by atomic mass is 32.2.